The van der Waals surface area contributed by atoms with Crippen molar-refractivity contribution in [2.24, 2.45) is 5.73 Å². The first-order valence-electron chi connectivity index (χ1n) is 13.2. The number of rotatable bonds is 8. The van der Waals surface area contributed by atoms with Crippen molar-refractivity contribution in [1.82, 2.24) is 5.32 Å². The molecule has 1 aliphatic rings. The molecule has 3 aromatic rings. The van der Waals surface area contributed by atoms with Gasteiger partial charge in [-0.05, 0) is 67.8 Å². The maximum Gasteiger partial charge on any atom is 0.407 e. The number of hydrogen-bond acceptors (Lipinski definition) is 7. The monoisotopic (exact) mass is 561 g/mol. The molecule has 0 saturated carbocycles. The van der Waals surface area contributed by atoms with E-state index in [-0.39, 0.29) is 25.3 Å². The van der Waals surface area contributed by atoms with Gasteiger partial charge in [0.1, 0.15) is 29.3 Å². The predicted molar refractivity (Wildman–Crippen MR) is 152 cm³/mol. The van der Waals surface area contributed by atoms with Crippen LogP contribution in [-0.2, 0) is 32.2 Å². The molecule has 2 atom stereocenters. The van der Waals surface area contributed by atoms with Crippen LogP contribution in [0.15, 0.2) is 66.7 Å². The Morgan fingerprint density at radius 1 is 1.05 bits per heavy atom. The first kappa shape index (κ1) is 29.4. The van der Waals surface area contributed by atoms with Gasteiger partial charge in [0.05, 0.1) is 25.8 Å². The Balaban J connectivity index is 1.74. The Hall–Kier alpha value is -4.57. The molecule has 216 valence electrons. The fourth-order valence-electron chi connectivity index (χ4n) is 4.58. The molecule has 1 aliphatic heterocycles. The van der Waals surface area contributed by atoms with Gasteiger partial charge < -0.3 is 35.3 Å². The minimum absolute atomic E-state index is 0.108. The summed E-state index contributed by atoms with van der Waals surface area (Å²) >= 11 is 0. The Bertz CT molecular complexity index is 1420. The van der Waals surface area contributed by atoms with E-state index in [4.69, 9.17) is 19.9 Å². The Kier molecular flexibility index (Phi) is 8.83. The van der Waals surface area contributed by atoms with E-state index < -0.39 is 35.7 Å². The number of phenols is 1. The van der Waals surface area contributed by atoms with E-state index in [9.17, 15) is 19.5 Å². The molecule has 4 N–H and O–H groups in total. The molecule has 1 heterocycles. The van der Waals surface area contributed by atoms with Crippen molar-refractivity contribution in [2.45, 2.75) is 58.1 Å². The first-order valence-corrected chi connectivity index (χ1v) is 13.2. The first-order chi connectivity index (χ1) is 19.4. The third-order valence-electron chi connectivity index (χ3n) is 6.40. The van der Waals surface area contributed by atoms with Crippen molar-refractivity contribution in [1.29, 1.82) is 0 Å². The van der Waals surface area contributed by atoms with Crippen LogP contribution in [0.4, 0.5) is 10.5 Å². The number of anilines is 1. The third kappa shape index (κ3) is 7.55. The molecule has 3 aromatic carbocycles. The van der Waals surface area contributed by atoms with Gasteiger partial charge in [-0.25, -0.2) is 4.79 Å². The molecule has 0 saturated heterocycles. The van der Waals surface area contributed by atoms with Gasteiger partial charge in [0.2, 0.25) is 5.91 Å². The van der Waals surface area contributed by atoms with Crippen molar-refractivity contribution in [3.05, 3.63) is 89.0 Å². The van der Waals surface area contributed by atoms with Crippen molar-refractivity contribution in [3.8, 4) is 11.5 Å². The number of methoxy groups -OCH3 is 1. The summed E-state index contributed by atoms with van der Waals surface area (Å²) in [5, 5.41) is 12.5. The summed E-state index contributed by atoms with van der Waals surface area (Å²) in [6.07, 6.45) is -2.77. The van der Waals surface area contributed by atoms with E-state index in [1.165, 1.54) is 0 Å². The molecular weight excluding hydrogens is 526 g/mol. The lowest BCUT2D eigenvalue weighted by Crippen LogP contribution is -2.41. The SMILES string of the molecule is COc1ccc2c(c1)C(c1cccc(CNC(=O)OC(C)(C)C)c1)OC(CC(N)=O)C(=O)N2Cc1ccc(O)cc1. The minimum atomic E-state index is -1.16. The number of benzene rings is 3. The van der Waals surface area contributed by atoms with Crippen molar-refractivity contribution < 1.29 is 33.7 Å². The lowest BCUT2D eigenvalue weighted by Gasteiger charge is -2.25. The Morgan fingerprint density at radius 3 is 2.44 bits per heavy atom. The third-order valence-corrected chi connectivity index (χ3v) is 6.40. The molecule has 10 heteroatoms. The number of carbonyl (C=O) groups is 3. The van der Waals surface area contributed by atoms with Gasteiger partial charge in [-0.15, -0.1) is 0 Å². The lowest BCUT2D eigenvalue weighted by atomic mass is 9.97. The molecule has 0 spiro atoms. The lowest BCUT2D eigenvalue weighted by molar-refractivity contribution is -0.137. The van der Waals surface area contributed by atoms with E-state index >= 15 is 0 Å². The number of nitrogens with zero attached hydrogens (tertiary/aromatic N) is 1. The zero-order valence-electron chi connectivity index (χ0n) is 23.5. The second-order valence-corrected chi connectivity index (χ2v) is 10.8. The van der Waals surface area contributed by atoms with Gasteiger partial charge in [-0.2, -0.15) is 0 Å². The summed E-state index contributed by atoms with van der Waals surface area (Å²) in [7, 11) is 1.55. The average Bonchev–Trinajstić information content (AvgIpc) is 3.02. The van der Waals surface area contributed by atoms with Gasteiger partial charge >= 0.3 is 6.09 Å². The highest BCUT2D eigenvalue weighted by atomic mass is 16.6. The van der Waals surface area contributed by atoms with Gasteiger partial charge in [0.15, 0.2) is 0 Å². The number of aromatic hydroxyl groups is 1. The van der Waals surface area contributed by atoms with Crippen LogP contribution in [0, 0.1) is 0 Å². The van der Waals surface area contributed by atoms with Gasteiger partial charge in [-0.1, -0.05) is 36.4 Å². The van der Waals surface area contributed by atoms with Crippen molar-refractivity contribution in [3.63, 3.8) is 0 Å². The molecule has 4 rings (SSSR count). The summed E-state index contributed by atoms with van der Waals surface area (Å²) in [6.45, 7) is 5.74. The van der Waals surface area contributed by atoms with Gasteiger partial charge in [0.25, 0.3) is 5.91 Å². The summed E-state index contributed by atoms with van der Waals surface area (Å²) < 4.78 is 17.2. The fraction of sp³-hybridized carbons (Fsp3) is 0.323. The topological polar surface area (TPSA) is 140 Å². The largest absolute Gasteiger partial charge is 0.508 e. The van der Waals surface area contributed by atoms with E-state index in [1.807, 2.05) is 24.3 Å². The van der Waals surface area contributed by atoms with Gasteiger partial charge in [0, 0.05) is 12.1 Å². The van der Waals surface area contributed by atoms with Crippen LogP contribution in [-0.4, -0.2) is 41.8 Å². The van der Waals surface area contributed by atoms with Crippen LogP contribution in [0.1, 0.15) is 55.5 Å². The van der Waals surface area contributed by atoms with Crippen LogP contribution in [0.25, 0.3) is 0 Å². The normalized spacial score (nSPS) is 16.9. The van der Waals surface area contributed by atoms with Crippen LogP contribution in [0.3, 0.4) is 0 Å². The Labute approximate surface area is 239 Å². The number of carbonyl (C=O) groups excluding carboxylic acids is 3. The maximum atomic E-state index is 13.9. The van der Waals surface area contributed by atoms with E-state index in [0.717, 1.165) is 11.1 Å². The maximum absolute atomic E-state index is 13.9. The number of fused-ring (bicyclic) bond motifs is 1. The molecule has 0 aliphatic carbocycles. The molecular formula is C31H35N3O7. The highest BCUT2D eigenvalue weighted by Crippen LogP contribution is 2.41. The van der Waals surface area contributed by atoms with Crippen LogP contribution >= 0.6 is 0 Å². The minimum Gasteiger partial charge on any atom is -0.508 e. The molecule has 0 radical (unpaired) electrons. The number of phenolic OH excluding ortho intramolecular Hbond substituents is 1. The van der Waals surface area contributed by atoms with Crippen LogP contribution in [0.2, 0.25) is 0 Å². The molecule has 3 amide bonds. The second-order valence-electron chi connectivity index (χ2n) is 10.8. The second kappa shape index (κ2) is 12.3. The highest BCUT2D eigenvalue weighted by molar-refractivity contribution is 6.00. The van der Waals surface area contributed by atoms with Crippen LogP contribution < -0.4 is 20.7 Å². The summed E-state index contributed by atoms with van der Waals surface area (Å²) in [4.78, 5) is 39.6. The standard InChI is InChI=1S/C31H35N3O7/c1-31(2,3)41-30(38)33-17-20-6-5-7-21(14-20)28-24-15-23(39-4)12-13-25(24)34(18-19-8-10-22(35)11-9-19)29(37)26(40-28)16-27(32)36/h5-15,26,28,35H,16-18H2,1-4H3,(H2,32,36)(H,33,38). The van der Waals surface area contributed by atoms with E-state index in [0.29, 0.717) is 22.6 Å². The number of hydrogen-bond donors (Lipinski definition) is 3. The summed E-state index contributed by atoms with van der Waals surface area (Å²) in [5.41, 5.74) is 8.39. The van der Waals surface area contributed by atoms with E-state index in [1.54, 1.807) is 75.2 Å². The van der Waals surface area contributed by atoms with Crippen molar-refractivity contribution in [2.75, 3.05) is 12.0 Å². The number of nitrogens with two attached hydrogens (primary N) is 1. The quantitative estimate of drug-likeness (QED) is 0.372. The van der Waals surface area contributed by atoms with E-state index in [2.05, 4.69) is 5.32 Å². The highest BCUT2D eigenvalue weighted by Gasteiger charge is 2.37. The molecule has 10 nitrogen and oxygen atoms in total. The summed E-state index contributed by atoms with van der Waals surface area (Å²) in [5.74, 6) is -0.429. The van der Waals surface area contributed by atoms with Gasteiger partial charge in [-0.3, -0.25) is 9.59 Å². The molecule has 2 unspecified atom stereocenters. The molecule has 0 fully saturated rings. The molecule has 0 aromatic heterocycles. The van der Waals surface area contributed by atoms with Crippen LogP contribution in [0.5, 0.6) is 11.5 Å². The summed E-state index contributed by atoms with van der Waals surface area (Å²) in [6, 6.07) is 19.3. The number of amides is 3. The number of nitrogens with one attached hydrogen (secondary N) is 1. The Morgan fingerprint density at radius 2 is 1.78 bits per heavy atom. The zero-order valence-corrected chi connectivity index (χ0v) is 23.5. The average molecular weight is 562 g/mol. The number of ether oxygens (including phenoxy) is 3. The fourth-order valence-corrected chi connectivity index (χ4v) is 4.58. The van der Waals surface area contributed by atoms with Crippen molar-refractivity contribution >= 4 is 23.6 Å². The smallest absolute Gasteiger partial charge is 0.407 e. The molecule has 41 heavy (non-hydrogen) atoms. The number of alkyl carbamates (subject to hydrolysis) is 1. The predicted octanol–water partition coefficient (Wildman–Crippen LogP) is 4.32. The zero-order chi connectivity index (χ0) is 29.7. The molecule has 0 bridgehead atoms. The number of primary amides is 1.